The number of carbonyl (C=O) groups is 1. The third-order valence-electron chi connectivity index (χ3n) is 4.91. The van der Waals surface area contributed by atoms with Gasteiger partial charge in [0.15, 0.2) is 0 Å². The molecule has 0 atom stereocenters. The number of hydrogen-bond donors (Lipinski definition) is 1. The van der Waals surface area contributed by atoms with Gasteiger partial charge in [-0.15, -0.1) is 12.4 Å². The number of piperazine rings is 1. The van der Waals surface area contributed by atoms with E-state index in [4.69, 9.17) is 0 Å². The van der Waals surface area contributed by atoms with E-state index in [0.717, 1.165) is 32.7 Å². The Kier molecular flexibility index (Phi) is 7.27. The third kappa shape index (κ3) is 3.86. The lowest BCUT2D eigenvalue weighted by Crippen LogP contribution is -2.63. The summed E-state index contributed by atoms with van der Waals surface area (Å²) in [6.45, 7) is 9.51. The molecule has 1 N–H and O–H groups in total. The molecule has 0 aromatic heterocycles. The Morgan fingerprint density at radius 2 is 1.85 bits per heavy atom. The lowest BCUT2D eigenvalue weighted by molar-refractivity contribution is -0.134. The fraction of sp³-hybridized carbons (Fsp3) is 0.933. The van der Waals surface area contributed by atoms with Crippen LogP contribution < -0.4 is 5.32 Å². The maximum absolute atomic E-state index is 12.4. The Morgan fingerprint density at radius 1 is 1.20 bits per heavy atom. The Bertz CT molecular complexity index is 293. The number of hydrogen-bond acceptors (Lipinski definition) is 3. The molecular weight excluding hydrogens is 274 g/mol. The van der Waals surface area contributed by atoms with Crippen molar-refractivity contribution in [3.05, 3.63) is 0 Å². The summed E-state index contributed by atoms with van der Waals surface area (Å²) in [5.74, 6) is 0.303. The quantitative estimate of drug-likeness (QED) is 0.861. The Morgan fingerprint density at radius 3 is 2.45 bits per heavy atom. The highest BCUT2D eigenvalue weighted by Crippen LogP contribution is 2.34. The zero-order valence-corrected chi connectivity index (χ0v) is 13.8. The van der Waals surface area contributed by atoms with Crippen LogP contribution in [-0.2, 0) is 4.79 Å². The minimum atomic E-state index is 0. The number of likely N-dealkylation sites (N-methyl/N-ethyl adjacent to an activating group) is 1. The summed E-state index contributed by atoms with van der Waals surface area (Å²) in [6.07, 6.45) is 6.51. The number of carbonyl (C=O) groups excluding carboxylic acids is 1. The monoisotopic (exact) mass is 303 g/mol. The summed E-state index contributed by atoms with van der Waals surface area (Å²) in [4.78, 5) is 16.8. The van der Waals surface area contributed by atoms with E-state index < -0.39 is 0 Å². The van der Waals surface area contributed by atoms with Crippen LogP contribution in [0.2, 0.25) is 0 Å². The highest BCUT2D eigenvalue weighted by atomic mass is 35.5. The highest BCUT2D eigenvalue weighted by molar-refractivity contribution is 5.85. The molecule has 1 saturated heterocycles. The second-order valence-corrected chi connectivity index (χ2v) is 5.95. The van der Waals surface area contributed by atoms with Gasteiger partial charge in [-0.3, -0.25) is 9.69 Å². The van der Waals surface area contributed by atoms with Crippen molar-refractivity contribution in [2.75, 3.05) is 39.3 Å². The molecule has 1 amide bonds. The van der Waals surface area contributed by atoms with Gasteiger partial charge in [0.1, 0.15) is 0 Å². The summed E-state index contributed by atoms with van der Waals surface area (Å²) in [6, 6.07) is 0. The van der Waals surface area contributed by atoms with Crippen LogP contribution in [0.5, 0.6) is 0 Å². The van der Waals surface area contributed by atoms with E-state index in [1.165, 1.54) is 32.1 Å². The van der Waals surface area contributed by atoms with Crippen molar-refractivity contribution in [3.63, 3.8) is 0 Å². The normalized spacial score (nSPS) is 22.3. The summed E-state index contributed by atoms with van der Waals surface area (Å²) < 4.78 is 0. The van der Waals surface area contributed by atoms with Crippen LogP contribution in [-0.4, -0.2) is 60.5 Å². The van der Waals surface area contributed by atoms with Gasteiger partial charge >= 0.3 is 0 Å². The summed E-state index contributed by atoms with van der Waals surface area (Å²) in [5.41, 5.74) is 0.263. The highest BCUT2D eigenvalue weighted by Gasteiger charge is 2.40. The van der Waals surface area contributed by atoms with E-state index in [1.54, 1.807) is 0 Å². The van der Waals surface area contributed by atoms with Gasteiger partial charge in [0.05, 0.1) is 6.54 Å². The zero-order chi connectivity index (χ0) is 13.7. The van der Waals surface area contributed by atoms with Crippen molar-refractivity contribution in [1.29, 1.82) is 0 Å². The van der Waals surface area contributed by atoms with Crippen molar-refractivity contribution in [2.24, 2.45) is 0 Å². The molecule has 118 valence electrons. The summed E-state index contributed by atoms with van der Waals surface area (Å²) in [7, 11) is 0. The van der Waals surface area contributed by atoms with E-state index in [9.17, 15) is 4.79 Å². The molecule has 1 heterocycles. The van der Waals surface area contributed by atoms with Gasteiger partial charge in [-0.25, -0.2) is 0 Å². The van der Waals surface area contributed by atoms with E-state index in [1.807, 2.05) is 4.90 Å². The number of rotatable bonds is 4. The molecular formula is C15H30ClN3O. The number of amides is 1. The first-order valence-corrected chi connectivity index (χ1v) is 7.95. The molecule has 2 fully saturated rings. The number of nitrogens with one attached hydrogen (secondary N) is 1. The molecule has 1 saturated carbocycles. The SMILES string of the molecule is CCN(CC)C(=O)CN1CCNCC12CCCCC2.Cl. The first kappa shape index (κ1) is 17.7. The van der Waals surface area contributed by atoms with E-state index in [2.05, 4.69) is 24.1 Å². The number of halogens is 1. The second kappa shape index (κ2) is 8.20. The molecule has 2 rings (SSSR count). The average molecular weight is 304 g/mol. The topological polar surface area (TPSA) is 35.6 Å². The second-order valence-electron chi connectivity index (χ2n) is 5.95. The lowest BCUT2D eigenvalue weighted by atomic mass is 9.79. The largest absolute Gasteiger partial charge is 0.342 e. The Hall–Kier alpha value is -0.320. The first-order chi connectivity index (χ1) is 9.22. The smallest absolute Gasteiger partial charge is 0.236 e. The van der Waals surface area contributed by atoms with Gasteiger partial charge in [0, 0.05) is 38.3 Å². The zero-order valence-electron chi connectivity index (χ0n) is 13.0. The molecule has 0 aromatic carbocycles. The predicted octanol–water partition coefficient (Wildman–Crippen LogP) is 1.88. The lowest BCUT2D eigenvalue weighted by Gasteiger charge is -2.50. The molecule has 1 spiro atoms. The van der Waals surface area contributed by atoms with E-state index in [0.29, 0.717) is 12.5 Å². The molecule has 0 unspecified atom stereocenters. The number of nitrogens with zero attached hydrogens (tertiary/aromatic N) is 2. The van der Waals surface area contributed by atoms with Crippen molar-refractivity contribution in [2.45, 2.75) is 51.5 Å². The molecule has 1 aliphatic carbocycles. The van der Waals surface area contributed by atoms with Gasteiger partial charge in [0.2, 0.25) is 5.91 Å². The molecule has 0 radical (unpaired) electrons. The molecule has 20 heavy (non-hydrogen) atoms. The minimum absolute atomic E-state index is 0. The molecule has 5 heteroatoms. The van der Waals surface area contributed by atoms with Crippen molar-refractivity contribution >= 4 is 18.3 Å². The molecule has 0 bridgehead atoms. The summed E-state index contributed by atoms with van der Waals surface area (Å²) >= 11 is 0. The molecule has 0 aromatic rings. The van der Waals surface area contributed by atoms with Crippen LogP contribution in [0, 0.1) is 0 Å². The van der Waals surface area contributed by atoms with Gasteiger partial charge in [0.25, 0.3) is 0 Å². The van der Waals surface area contributed by atoms with Crippen LogP contribution in [0.15, 0.2) is 0 Å². The summed E-state index contributed by atoms with van der Waals surface area (Å²) in [5, 5.41) is 3.54. The van der Waals surface area contributed by atoms with Crippen molar-refractivity contribution < 1.29 is 4.79 Å². The Balaban J connectivity index is 0.00000200. The van der Waals surface area contributed by atoms with Gasteiger partial charge < -0.3 is 10.2 Å². The third-order valence-corrected chi connectivity index (χ3v) is 4.91. The van der Waals surface area contributed by atoms with Crippen LogP contribution in [0.1, 0.15) is 46.0 Å². The average Bonchev–Trinajstić information content (AvgIpc) is 2.44. The van der Waals surface area contributed by atoms with Crippen molar-refractivity contribution in [3.8, 4) is 0 Å². The molecule has 4 nitrogen and oxygen atoms in total. The fourth-order valence-corrected chi connectivity index (χ4v) is 3.67. The predicted molar refractivity (Wildman–Crippen MR) is 85.4 cm³/mol. The van der Waals surface area contributed by atoms with Gasteiger partial charge in [-0.1, -0.05) is 19.3 Å². The van der Waals surface area contributed by atoms with E-state index >= 15 is 0 Å². The maximum Gasteiger partial charge on any atom is 0.236 e. The van der Waals surface area contributed by atoms with E-state index in [-0.39, 0.29) is 17.9 Å². The maximum atomic E-state index is 12.4. The van der Waals surface area contributed by atoms with Crippen LogP contribution in [0.4, 0.5) is 0 Å². The first-order valence-electron chi connectivity index (χ1n) is 7.95. The molecule has 1 aliphatic heterocycles. The minimum Gasteiger partial charge on any atom is -0.342 e. The Labute approximate surface area is 129 Å². The molecule has 2 aliphatic rings. The van der Waals surface area contributed by atoms with Crippen molar-refractivity contribution in [1.82, 2.24) is 15.1 Å². The van der Waals surface area contributed by atoms with Crippen LogP contribution >= 0.6 is 12.4 Å². The van der Waals surface area contributed by atoms with Gasteiger partial charge in [-0.2, -0.15) is 0 Å². The van der Waals surface area contributed by atoms with Gasteiger partial charge in [-0.05, 0) is 26.7 Å². The van der Waals surface area contributed by atoms with Crippen LogP contribution in [0.25, 0.3) is 0 Å². The standard InChI is InChI=1S/C15H29N3O.ClH/c1-3-17(4-2)14(19)12-18-11-10-16-13-15(18)8-6-5-7-9-15;/h16H,3-13H2,1-2H3;1H. The fourth-order valence-electron chi connectivity index (χ4n) is 3.67. The van der Waals surface area contributed by atoms with Crippen LogP contribution in [0.3, 0.4) is 0 Å².